The standard InChI is InChI=1S/C15H17FN2O/c1-10-4-3-5-11(6-10)9-18-14-8-15(19-2)13(17)7-12(14)16/h3-8,18H,9,17H2,1-2H3. The average Bonchev–Trinajstić information content (AvgIpc) is 2.38. The number of nitrogen functional groups attached to an aromatic ring is 1. The molecule has 0 unspecified atom stereocenters. The number of ether oxygens (including phenoxy) is 1. The SMILES string of the molecule is COc1cc(NCc2cccc(C)c2)c(F)cc1N. The van der Waals surface area contributed by atoms with Crippen molar-refractivity contribution < 1.29 is 9.13 Å². The maximum Gasteiger partial charge on any atom is 0.148 e. The second kappa shape index (κ2) is 5.61. The molecule has 2 rings (SSSR count). The van der Waals surface area contributed by atoms with Gasteiger partial charge in [0.1, 0.15) is 11.6 Å². The summed E-state index contributed by atoms with van der Waals surface area (Å²) in [6, 6.07) is 10.9. The molecule has 4 heteroatoms. The monoisotopic (exact) mass is 260 g/mol. The molecule has 0 spiro atoms. The minimum atomic E-state index is -0.383. The number of hydrogen-bond acceptors (Lipinski definition) is 3. The highest BCUT2D eigenvalue weighted by Crippen LogP contribution is 2.28. The zero-order valence-corrected chi connectivity index (χ0v) is 11.0. The van der Waals surface area contributed by atoms with Crippen LogP contribution >= 0.6 is 0 Å². The van der Waals surface area contributed by atoms with Crippen LogP contribution < -0.4 is 15.8 Å². The maximum atomic E-state index is 13.8. The van der Waals surface area contributed by atoms with E-state index in [2.05, 4.69) is 11.4 Å². The quantitative estimate of drug-likeness (QED) is 0.829. The molecule has 0 saturated heterocycles. The largest absolute Gasteiger partial charge is 0.495 e. The van der Waals surface area contributed by atoms with Gasteiger partial charge in [-0.05, 0) is 12.5 Å². The molecule has 0 atom stereocenters. The van der Waals surface area contributed by atoms with Crippen molar-refractivity contribution in [1.82, 2.24) is 0 Å². The fraction of sp³-hybridized carbons (Fsp3) is 0.200. The van der Waals surface area contributed by atoms with Gasteiger partial charge in [-0.2, -0.15) is 0 Å². The number of anilines is 2. The van der Waals surface area contributed by atoms with Crippen molar-refractivity contribution in [3.8, 4) is 5.75 Å². The molecule has 100 valence electrons. The average molecular weight is 260 g/mol. The minimum absolute atomic E-state index is 0.293. The van der Waals surface area contributed by atoms with Crippen LogP contribution in [0.25, 0.3) is 0 Å². The van der Waals surface area contributed by atoms with Gasteiger partial charge in [-0.1, -0.05) is 29.8 Å². The Hall–Kier alpha value is -2.23. The van der Waals surface area contributed by atoms with Gasteiger partial charge in [0, 0.05) is 18.7 Å². The lowest BCUT2D eigenvalue weighted by atomic mass is 10.1. The van der Waals surface area contributed by atoms with Crippen LogP contribution in [0, 0.1) is 12.7 Å². The number of nitrogens with two attached hydrogens (primary N) is 1. The van der Waals surface area contributed by atoms with Crippen molar-refractivity contribution in [2.24, 2.45) is 0 Å². The van der Waals surface area contributed by atoms with Gasteiger partial charge in [0.05, 0.1) is 18.5 Å². The molecule has 0 aromatic heterocycles. The summed E-state index contributed by atoms with van der Waals surface area (Å²) in [6.07, 6.45) is 0. The van der Waals surface area contributed by atoms with Crippen LogP contribution in [-0.2, 0) is 6.54 Å². The Labute approximate surface area is 112 Å². The Bertz CT molecular complexity index is 584. The topological polar surface area (TPSA) is 47.3 Å². The molecule has 0 aliphatic heterocycles. The highest BCUT2D eigenvalue weighted by atomic mass is 19.1. The van der Waals surface area contributed by atoms with E-state index in [1.54, 1.807) is 6.07 Å². The van der Waals surface area contributed by atoms with Crippen LogP contribution in [-0.4, -0.2) is 7.11 Å². The summed E-state index contributed by atoms with van der Waals surface area (Å²) in [6.45, 7) is 2.57. The first-order chi connectivity index (χ1) is 9.10. The van der Waals surface area contributed by atoms with E-state index < -0.39 is 0 Å². The molecule has 0 bridgehead atoms. The molecule has 0 radical (unpaired) electrons. The lowest BCUT2D eigenvalue weighted by molar-refractivity contribution is 0.416. The predicted octanol–water partition coefficient (Wildman–Crippen LogP) is 3.34. The van der Waals surface area contributed by atoms with E-state index in [0.717, 1.165) is 5.56 Å². The van der Waals surface area contributed by atoms with Crippen LogP contribution in [0.15, 0.2) is 36.4 Å². The Balaban J connectivity index is 2.15. The molecule has 0 fully saturated rings. The molecule has 3 N–H and O–H groups in total. The van der Waals surface area contributed by atoms with Crippen LogP contribution in [0.1, 0.15) is 11.1 Å². The second-order valence-corrected chi connectivity index (χ2v) is 4.42. The lowest BCUT2D eigenvalue weighted by Gasteiger charge is -2.11. The number of methoxy groups -OCH3 is 1. The summed E-state index contributed by atoms with van der Waals surface area (Å²) in [5.41, 5.74) is 8.58. The Morgan fingerprint density at radius 3 is 2.74 bits per heavy atom. The first kappa shape index (κ1) is 13.2. The van der Waals surface area contributed by atoms with E-state index in [-0.39, 0.29) is 5.82 Å². The number of aryl methyl sites for hydroxylation is 1. The molecule has 19 heavy (non-hydrogen) atoms. The Kier molecular flexibility index (Phi) is 3.90. The minimum Gasteiger partial charge on any atom is -0.495 e. The molecule has 0 saturated carbocycles. The summed E-state index contributed by atoms with van der Waals surface area (Å²) in [5, 5.41) is 3.05. The Morgan fingerprint density at radius 2 is 2.05 bits per heavy atom. The summed E-state index contributed by atoms with van der Waals surface area (Å²) < 4.78 is 18.8. The molecular formula is C15H17FN2O. The van der Waals surface area contributed by atoms with Crippen LogP contribution in [0.4, 0.5) is 15.8 Å². The van der Waals surface area contributed by atoms with E-state index in [9.17, 15) is 4.39 Å². The highest BCUT2D eigenvalue weighted by molar-refractivity contribution is 5.62. The maximum absolute atomic E-state index is 13.8. The third-order valence-electron chi connectivity index (χ3n) is 2.88. The fourth-order valence-corrected chi connectivity index (χ4v) is 1.90. The number of hydrogen-bond donors (Lipinski definition) is 2. The van der Waals surface area contributed by atoms with Gasteiger partial charge >= 0.3 is 0 Å². The van der Waals surface area contributed by atoms with Crippen molar-refractivity contribution in [2.45, 2.75) is 13.5 Å². The first-order valence-electron chi connectivity index (χ1n) is 6.02. The van der Waals surface area contributed by atoms with Gasteiger partial charge in [0.25, 0.3) is 0 Å². The third kappa shape index (κ3) is 3.16. The molecule has 2 aromatic carbocycles. The van der Waals surface area contributed by atoms with E-state index >= 15 is 0 Å². The zero-order valence-electron chi connectivity index (χ0n) is 11.0. The van der Waals surface area contributed by atoms with E-state index in [1.807, 2.05) is 25.1 Å². The van der Waals surface area contributed by atoms with Crippen molar-refractivity contribution in [2.75, 3.05) is 18.2 Å². The lowest BCUT2D eigenvalue weighted by Crippen LogP contribution is -2.03. The molecule has 0 aliphatic carbocycles. The molecule has 2 aromatic rings. The van der Waals surface area contributed by atoms with E-state index in [4.69, 9.17) is 10.5 Å². The number of nitrogens with one attached hydrogen (secondary N) is 1. The van der Waals surface area contributed by atoms with Crippen LogP contribution in [0.3, 0.4) is 0 Å². The Morgan fingerprint density at radius 1 is 1.26 bits per heavy atom. The molecule has 0 aliphatic rings. The zero-order chi connectivity index (χ0) is 13.8. The molecule has 3 nitrogen and oxygen atoms in total. The summed E-state index contributed by atoms with van der Waals surface area (Å²) in [7, 11) is 1.51. The molecule has 0 amide bonds. The predicted molar refractivity (Wildman–Crippen MR) is 75.9 cm³/mol. The summed E-state index contributed by atoms with van der Waals surface area (Å²) >= 11 is 0. The highest BCUT2D eigenvalue weighted by Gasteiger charge is 2.08. The molecular weight excluding hydrogens is 243 g/mol. The number of rotatable bonds is 4. The fourth-order valence-electron chi connectivity index (χ4n) is 1.90. The third-order valence-corrected chi connectivity index (χ3v) is 2.88. The molecule has 0 heterocycles. The normalized spacial score (nSPS) is 10.3. The van der Waals surface area contributed by atoms with Gasteiger partial charge in [-0.15, -0.1) is 0 Å². The van der Waals surface area contributed by atoms with Crippen LogP contribution in [0.2, 0.25) is 0 Å². The van der Waals surface area contributed by atoms with Crippen molar-refractivity contribution in [1.29, 1.82) is 0 Å². The second-order valence-electron chi connectivity index (χ2n) is 4.42. The van der Waals surface area contributed by atoms with Gasteiger partial charge in [0.2, 0.25) is 0 Å². The van der Waals surface area contributed by atoms with Gasteiger partial charge in [0.15, 0.2) is 0 Å². The van der Waals surface area contributed by atoms with Gasteiger partial charge in [-0.3, -0.25) is 0 Å². The number of halogens is 1. The van der Waals surface area contributed by atoms with Crippen LogP contribution in [0.5, 0.6) is 5.75 Å². The van der Waals surface area contributed by atoms with Gasteiger partial charge < -0.3 is 15.8 Å². The van der Waals surface area contributed by atoms with E-state index in [1.165, 1.54) is 18.7 Å². The van der Waals surface area contributed by atoms with Gasteiger partial charge in [-0.25, -0.2) is 4.39 Å². The summed E-state index contributed by atoms with van der Waals surface area (Å²) in [5.74, 6) is 0.0825. The first-order valence-corrected chi connectivity index (χ1v) is 6.02. The van der Waals surface area contributed by atoms with Crippen molar-refractivity contribution >= 4 is 11.4 Å². The van der Waals surface area contributed by atoms with Crippen molar-refractivity contribution in [3.05, 3.63) is 53.3 Å². The smallest absolute Gasteiger partial charge is 0.148 e. The number of benzene rings is 2. The van der Waals surface area contributed by atoms with E-state index in [0.29, 0.717) is 23.7 Å². The summed E-state index contributed by atoms with van der Waals surface area (Å²) in [4.78, 5) is 0. The van der Waals surface area contributed by atoms with Crippen molar-refractivity contribution in [3.63, 3.8) is 0 Å².